The van der Waals surface area contributed by atoms with Crippen LogP contribution in [0.4, 0.5) is 0 Å². The zero-order valence-electron chi connectivity index (χ0n) is 22.1. The molecule has 0 aromatic rings. The smallest absolute Gasteiger partial charge is 0.303 e. The highest BCUT2D eigenvalue weighted by atomic mass is 16.4. The molecule has 7 unspecified atom stereocenters. The van der Waals surface area contributed by atoms with E-state index in [1.165, 1.54) is 12.0 Å². The van der Waals surface area contributed by atoms with Gasteiger partial charge in [0.25, 0.3) is 0 Å². The molecule has 3 heteroatoms. The van der Waals surface area contributed by atoms with E-state index in [4.69, 9.17) is 0 Å². The molecule has 0 bridgehead atoms. The second-order valence-corrected chi connectivity index (χ2v) is 13.9. The molecule has 4 rings (SSSR count). The minimum absolute atomic E-state index is 0.0508. The van der Waals surface area contributed by atoms with Gasteiger partial charge in [0, 0.05) is 18.3 Å². The van der Waals surface area contributed by atoms with Crippen molar-refractivity contribution in [3.05, 3.63) is 23.8 Å². The fourth-order valence-corrected chi connectivity index (χ4v) is 9.28. The molecule has 3 saturated carbocycles. The molecule has 4 aliphatic carbocycles. The van der Waals surface area contributed by atoms with E-state index in [0.717, 1.165) is 38.5 Å². The molecule has 0 heterocycles. The maximum absolute atomic E-state index is 12.9. The van der Waals surface area contributed by atoms with Crippen molar-refractivity contribution in [3.63, 3.8) is 0 Å². The molecule has 7 atom stereocenters. The summed E-state index contributed by atoms with van der Waals surface area (Å²) in [6.45, 7) is 20.6. The van der Waals surface area contributed by atoms with Crippen LogP contribution < -0.4 is 0 Å². The highest BCUT2D eigenvalue weighted by Gasteiger charge is 2.66. The summed E-state index contributed by atoms with van der Waals surface area (Å²) in [6, 6.07) is 0. The van der Waals surface area contributed by atoms with Crippen LogP contribution >= 0.6 is 0 Å². The number of aliphatic carboxylic acids is 1. The normalized spacial score (nSPS) is 46.5. The molecule has 184 valence electrons. The Balaban J connectivity index is 1.79. The summed E-state index contributed by atoms with van der Waals surface area (Å²) >= 11 is 0. The van der Waals surface area contributed by atoms with Gasteiger partial charge in [-0.15, -0.1) is 0 Å². The molecule has 0 amide bonds. The fraction of sp³-hybridized carbons (Fsp3) is 0.800. The van der Waals surface area contributed by atoms with Gasteiger partial charge in [-0.05, 0) is 91.3 Å². The lowest BCUT2D eigenvalue weighted by Crippen LogP contribution is -2.61. The predicted octanol–water partition coefficient (Wildman–Crippen LogP) is 7.61. The van der Waals surface area contributed by atoms with Crippen molar-refractivity contribution >= 4 is 11.8 Å². The van der Waals surface area contributed by atoms with Gasteiger partial charge >= 0.3 is 5.97 Å². The van der Waals surface area contributed by atoms with Crippen molar-refractivity contribution in [2.45, 2.75) is 106 Å². The number of carboxylic acids is 1. The average molecular weight is 455 g/mol. The molecule has 3 fully saturated rings. The number of hydrogen-bond acceptors (Lipinski definition) is 2. The third-order valence-electron chi connectivity index (χ3n) is 11.7. The van der Waals surface area contributed by atoms with Gasteiger partial charge in [0.15, 0.2) is 0 Å². The van der Waals surface area contributed by atoms with Crippen LogP contribution in [0, 0.1) is 44.8 Å². The Bertz CT molecular complexity index is 912. The van der Waals surface area contributed by atoms with Gasteiger partial charge in [-0.3, -0.25) is 9.59 Å². The standard InChI is InChI=1S/C30H46O3/c1-19(2)20-11-14-30(8)23(28(20,6)13-12-25(32)33)10-9-21-22-17-26(3,4)24(31)18-27(22,5)15-16-29(21,30)7/h9,20,22-23H,1,10-18H2,2-8H3,(H,32,33). The Labute approximate surface area is 201 Å². The van der Waals surface area contributed by atoms with Crippen LogP contribution in [0.5, 0.6) is 0 Å². The Morgan fingerprint density at radius 2 is 1.79 bits per heavy atom. The number of ketones is 1. The van der Waals surface area contributed by atoms with Crippen LogP contribution in [0.2, 0.25) is 0 Å². The van der Waals surface area contributed by atoms with Gasteiger partial charge in [0.05, 0.1) is 0 Å². The maximum Gasteiger partial charge on any atom is 0.303 e. The van der Waals surface area contributed by atoms with Gasteiger partial charge in [0.1, 0.15) is 5.78 Å². The number of rotatable bonds is 4. The van der Waals surface area contributed by atoms with Crippen molar-refractivity contribution < 1.29 is 14.7 Å². The van der Waals surface area contributed by atoms with Gasteiger partial charge in [-0.2, -0.15) is 0 Å². The fourth-order valence-electron chi connectivity index (χ4n) is 9.28. The Morgan fingerprint density at radius 3 is 2.39 bits per heavy atom. The molecule has 3 nitrogen and oxygen atoms in total. The van der Waals surface area contributed by atoms with Crippen LogP contribution in [0.25, 0.3) is 0 Å². The number of Topliss-reactive ketones (excluding diaryl/α,β-unsaturated/α-hetero) is 1. The zero-order valence-corrected chi connectivity index (χ0v) is 22.1. The first-order valence-corrected chi connectivity index (χ1v) is 13.2. The van der Waals surface area contributed by atoms with E-state index in [-0.39, 0.29) is 33.5 Å². The van der Waals surface area contributed by atoms with Gasteiger partial charge in [-0.25, -0.2) is 0 Å². The molecule has 0 saturated heterocycles. The van der Waals surface area contributed by atoms with Crippen LogP contribution in [-0.4, -0.2) is 16.9 Å². The van der Waals surface area contributed by atoms with Crippen molar-refractivity contribution in [1.29, 1.82) is 0 Å². The van der Waals surface area contributed by atoms with E-state index in [1.807, 2.05) is 0 Å². The molecule has 0 spiro atoms. The summed E-state index contributed by atoms with van der Waals surface area (Å²) in [5.74, 6) is 1.06. The molecule has 0 aliphatic heterocycles. The minimum atomic E-state index is -0.690. The summed E-state index contributed by atoms with van der Waals surface area (Å²) in [5.41, 5.74) is 2.89. The number of carbonyl (C=O) groups excluding carboxylic acids is 1. The van der Waals surface area contributed by atoms with Crippen molar-refractivity contribution in [2.75, 3.05) is 0 Å². The molecule has 0 aromatic heterocycles. The van der Waals surface area contributed by atoms with Crippen LogP contribution in [0.3, 0.4) is 0 Å². The van der Waals surface area contributed by atoms with Gasteiger partial charge in [-0.1, -0.05) is 65.3 Å². The van der Waals surface area contributed by atoms with Crippen molar-refractivity contribution in [3.8, 4) is 0 Å². The number of hydrogen-bond donors (Lipinski definition) is 1. The number of allylic oxidation sites excluding steroid dienone is 3. The van der Waals surface area contributed by atoms with Crippen LogP contribution in [0.15, 0.2) is 23.8 Å². The van der Waals surface area contributed by atoms with E-state index in [0.29, 0.717) is 30.0 Å². The van der Waals surface area contributed by atoms with E-state index < -0.39 is 5.97 Å². The molecular formula is C30H46O3. The topological polar surface area (TPSA) is 54.4 Å². The lowest BCUT2D eigenvalue weighted by atomic mass is 9.35. The van der Waals surface area contributed by atoms with E-state index in [2.05, 4.69) is 61.1 Å². The second-order valence-electron chi connectivity index (χ2n) is 13.9. The largest absolute Gasteiger partial charge is 0.481 e. The molecule has 0 radical (unpaired) electrons. The quantitative estimate of drug-likeness (QED) is 0.445. The van der Waals surface area contributed by atoms with Crippen LogP contribution in [0.1, 0.15) is 106 Å². The minimum Gasteiger partial charge on any atom is -0.481 e. The Kier molecular flexibility index (Phi) is 5.66. The van der Waals surface area contributed by atoms with E-state index in [9.17, 15) is 14.7 Å². The van der Waals surface area contributed by atoms with Crippen molar-refractivity contribution in [2.24, 2.45) is 44.8 Å². The average Bonchev–Trinajstić information content (AvgIpc) is 2.69. The Morgan fingerprint density at radius 1 is 1.12 bits per heavy atom. The molecular weight excluding hydrogens is 408 g/mol. The summed E-state index contributed by atoms with van der Waals surface area (Å²) in [4.78, 5) is 24.6. The number of carboxylic acid groups (broad SMARTS) is 1. The summed E-state index contributed by atoms with van der Waals surface area (Å²) in [6.07, 6.45) is 10.8. The third-order valence-corrected chi connectivity index (χ3v) is 11.7. The second kappa shape index (κ2) is 7.56. The number of fused-ring (bicyclic) bond motifs is 5. The lowest BCUT2D eigenvalue weighted by molar-refractivity contribution is -0.154. The first-order chi connectivity index (χ1) is 15.1. The maximum atomic E-state index is 12.9. The molecule has 0 aromatic carbocycles. The molecule has 1 N–H and O–H groups in total. The molecule has 33 heavy (non-hydrogen) atoms. The van der Waals surface area contributed by atoms with Crippen LogP contribution in [-0.2, 0) is 9.59 Å². The Hall–Kier alpha value is -1.38. The van der Waals surface area contributed by atoms with Crippen molar-refractivity contribution in [1.82, 2.24) is 0 Å². The highest BCUT2D eigenvalue weighted by Crippen LogP contribution is 2.73. The summed E-state index contributed by atoms with van der Waals surface area (Å²) < 4.78 is 0. The summed E-state index contributed by atoms with van der Waals surface area (Å²) in [5, 5.41) is 9.55. The predicted molar refractivity (Wildman–Crippen MR) is 134 cm³/mol. The van der Waals surface area contributed by atoms with E-state index >= 15 is 0 Å². The third kappa shape index (κ3) is 3.42. The first-order valence-electron chi connectivity index (χ1n) is 13.2. The van der Waals surface area contributed by atoms with E-state index in [1.54, 1.807) is 5.57 Å². The number of carbonyl (C=O) groups is 2. The molecule has 4 aliphatic rings. The SMILES string of the molecule is C=C(C)C1CCC2(C)C(CC=C3C4CC(C)(C)C(=O)CC4(C)CCC32C)C1(C)CCC(=O)O. The first kappa shape index (κ1) is 24.7. The summed E-state index contributed by atoms with van der Waals surface area (Å²) in [7, 11) is 0. The van der Waals surface area contributed by atoms with Gasteiger partial charge < -0.3 is 5.11 Å². The zero-order chi connectivity index (χ0) is 24.6. The lowest BCUT2D eigenvalue weighted by Gasteiger charge is -2.69. The monoisotopic (exact) mass is 454 g/mol. The van der Waals surface area contributed by atoms with Gasteiger partial charge in [0.2, 0.25) is 0 Å². The highest BCUT2D eigenvalue weighted by molar-refractivity contribution is 5.86.